The molecular weight excluding hydrogens is 197 g/mol. The Labute approximate surface area is 89.0 Å². The first-order valence-electron chi connectivity index (χ1n) is 4.91. The van der Waals surface area contributed by atoms with E-state index in [9.17, 15) is 4.39 Å². The molecule has 0 fully saturated rings. The van der Waals surface area contributed by atoms with E-state index >= 15 is 0 Å². The zero-order chi connectivity index (χ0) is 11.1. The van der Waals surface area contributed by atoms with E-state index in [1.54, 1.807) is 13.0 Å². The summed E-state index contributed by atoms with van der Waals surface area (Å²) in [5.74, 6) is 0.437. The first-order valence-corrected chi connectivity index (χ1v) is 4.91. The molecule has 0 saturated carbocycles. The van der Waals surface area contributed by atoms with Gasteiger partial charge in [0.1, 0.15) is 18.2 Å². The summed E-state index contributed by atoms with van der Waals surface area (Å²) in [4.78, 5) is 0. The third-order valence-corrected chi connectivity index (χ3v) is 1.88. The molecule has 4 heteroatoms. The van der Waals surface area contributed by atoms with Gasteiger partial charge in [0, 0.05) is 6.54 Å². The minimum atomic E-state index is -0.251. The van der Waals surface area contributed by atoms with Crippen LogP contribution in [0.1, 0.15) is 5.56 Å². The van der Waals surface area contributed by atoms with Crippen LogP contribution in [0.2, 0.25) is 0 Å². The quantitative estimate of drug-likeness (QED) is 0.728. The zero-order valence-corrected chi connectivity index (χ0v) is 8.83. The molecule has 0 unspecified atom stereocenters. The number of benzene rings is 1. The summed E-state index contributed by atoms with van der Waals surface area (Å²) in [6.07, 6.45) is 0. The van der Waals surface area contributed by atoms with Crippen LogP contribution in [0.5, 0.6) is 5.75 Å². The van der Waals surface area contributed by atoms with Crippen molar-refractivity contribution in [1.82, 2.24) is 0 Å². The monoisotopic (exact) mass is 213 g/mol. The number of halogens is 1. The Morgan fingerprint density at radius 3 is 2.73 bits per heavy atom. The predicted octanol–water partition coefficient (Wildman–Crippen LogP) is 1.49. The SMILES string of the molecule is Cc1cc(F)ccc1OCCOCCN. The molecule has 0 aliphatic rings. The summed E-state index contributed by atoms with van der Waals surface area (Å²) in [7, 11) is 0. The fourth-order valence-electron chi connectivity index (χ4n) is 1.17. The maximum absolute atomic E-state index is 12.7. The molecule has 0 aromatic heterocycles. The maximum atomic E-state index is 12.7. The highest BCUT2D eigenvalue weighted by atomic mass is 19.1. The smallest absolute Gasteiger partial charge is 0.123 e. The van der Waals surface area contributed by atoms with Gasteiger partial charge in [0.15, 0.2) is 0 Å². The Balaban J connectivity index is 2.31. The predicted molar refractivity (Wildman–Crippen MR) is 56.5 cm³/mol. The molecule has 0 bridgehead atoms. The molecule has 0 heterocycles. The van der Waals surface area contributed by atoms with Crippen molar-refractivity contribution in [3.63, 3.8) is 0 Å². The van der Waals surface area contributed by atoms with Crippen LogP contribution in [0.15, 0.2) is 18.2 Å². The van der Waals surface area contributed by atoms with Gasteiger partial charge >= 0.3 is 0 Å². The maximum Gasteiger partial charge on any atom is 0.123 e. The van der Waals surface area contributed by atoms with Crippen molar-refractivity contribution in [1.29, 1.82) is 0 Å². The van der Waals surface area contributed by atoms with Gasteiger partial charge in [0.05, 0.1) is 13.2 Å². The summed E-state index contributed by atoms with van der Waals surface area (Å²) in [6, 6.07) is 4.44. The topological polar surface area (TPSA) is 44.5 Å². The number of nitrogens with two attached hydrogens (primary N) is 1. The highest BCUT2D eigenvalue weighted by Crippen LogP contribution is 2.17. The molecule has 0 saturated heterocycles. The van der Waals surface area contributed by atoms with Crippen molar-refractivity contribution in [3.8, 4) is 5.75 Å². The first-order chi connectivity index (χ1) is 7.24. The number of rotatable bonds is 6. The minimum Gasteiger partial charge on any atom is -0.491 e. The highest BCUT2D eigenvalue weighted by Gasteiger charge is 2.00. The Bertz CT molecular complexity index is 305. The van der Waals surface area contributed by atoms with E-state index in [1.807, 2.05) is 0 Å². The molecule has 3 nitrogen and oxygen atoms in total. The molecule has 1 aromatic rings. The normalized spacial score (nSPS) is 10.3. The lowest BCUT2D eigenvalue weighted by Gasteiger charge is -2.09. The fourth-order valence-corrected chi connectivity index (χ4v) is 1.17. The molecule has 0 aliphatic carbocycles. The van der Waals surface area contributed by atoms with Crippen LogP contribution in [0, 0.1) is 12.7 Å². The van der Waals surface area contributed by atoms with E-state index in [1.165, 1.54) is 12.1 Å². The molecule has 1 aromatic carbocycles. The van der Waals surface area contributed by atoms with Gasteiger partial charge in [-0.05, 0) is 30.7 Å². The van der Waals surface area contributed by atoms with Gasteiger partial charge in [-0.2, -0.15) is 0 Å². The molecule has 2 N–H and O–H groups in total. The Morgan fingerprint density at radius 1 is 1.27 bits per heavy atom. The van der Waals surface area contributed by atoms with Crippen molar-refractivity contribution < 1.29 is 13.9 Å². The Hall–Kier alpha value is -1.13. The molecule has 0 radical (unpaired) electrons. The molecule has 84 valence electrons. The number of ether oxygens (including phenoxy) is 2. The van der Waals surface area contributed by atoms with Crippen LogP contribution in [-0.4, -0.2) is 26.4 Å². The van der Waals surface area contributed by atoms with Gasteiger partial charge in [-0.15, -0.1) is 0 Å². The van der Waals surface area contributed by atoms with Crippen molar-refractivity contribution in [2.75, 3.05) is 26.4 Å². The number of aryl methyl sites for hydroxylation is 1. The van der Waals surface area contributed by atoms with Crippen molar-refractivity contribution >= 4 is 0 Å². The molecule has 0 amide bonds. The lowest BCUT2D eigenvalue weighted by molar-refractivity contribution is 0.105. The lowest BCUT2D eigenvalue weighted by Crippen LogP contribution is -2.13. The molecule has 1 rings (SSSR count). The largest absolute Gasteiger partial charge is 0.491 e. The molecular formula is C11H16FNO2. The summed E-state index contributed by atoms with van der Waals surface area (Å²) in [6.45, 7) is 3.79. The molecule has 0 atom stereocenters. The summed E-state index contributed by atoms with van der Waals surface area (Å²) >= 11 is 0. The second-order valence-corrected chi connectivity index (χ2v) is 3.16. The minimum absolute atomic E-state index is 0.251. The summed E-state index contributed by atoms with van der Waals surface area (Å²) < 4.78 is 23.3. The Kier molecular flexibility index (Phi) is 5.07. The summed E-state index contributed by atoms with van der Waals surface area (Å²) in [5.41, 5.74) is 6.04. The number of hydrogen-bond acceptors (Lipinski definition) is 3. The van der Waals surface area contributed by atoms with Crippen molar-refractivity contribution in [3.05, 3.63) is 29.6 Å². The van der Waals surface area contributed by atoms with Crippen LogP contribution in [-0.2, 0) is 4.74 Å². The Morgan fingerprint density at radius 2 is 2.07 bits per heavy atom. The van der Waals surface area contributed by atoms with E-state index in [0.29, 0.717) is 32.1 Å². The van der Waals surface area contributed by atoms with Crippen LogP contribution in [0.3, 0.4) is 0 Å². The summed E-state index contributed by atoms with van der Waals surface area (Å²) in [5, 5.41) is 0. The van der Waals surface area contributed by atoms with Crippen LogP contribution < -0.4 is 10.5 Å². The second kappa shape index (κ2) is 6.37. The van der Waals surface area contributed by atoms with Crippen molar-refractivity contribution in [2.45, 2.75) is 6.92 Å². The first kappa shape index (κ1) is 11.9. The van der Waals surface area contributed by atoms with E-state index < -0.39 is 0 Å². The van der Waals surface area contributed by atoms with Gasteiger partial charge < -0.3 is 15.2 Å². The van der Waals surface area contributed by atoms with Gasteiger partial charge in [0.2, 0.25) is 0 Å². The van der Waals surface area contributed by atoms with Gasteiger partial charge in [0.25, 0.3) is 0 Å². The van der Waals surface area contributed by atoms with E-state index in [4.69, 9.17) is 15.2 Å². The van der Waals surface area contributed by atoms with Gasteiger partial charge in [-0.1, -0.05) is 0 Å². The third-order valence-electron chi connectivity index (χ3n) is 1.88. The van der Waals surface area contributed by atoms with E-state index in [-0.39, 0.29) is 5.82 Å². The average molecular weight is 213 g/mol. The van der Waals surface area contributed by atoms with Crippen LogP contribution in [0.25, 0.3) is 0 Å². The molecule has 0 spiro atoms. The van der Waals surface area contributed by atoms with Crippen LogP contribution >= 0.6 is 0 Å². The van der Waals surface area contributed by atoms with Gasteiger partial charge in [-0.25, -0.2) is 4.39 Å². The van der Waals surface area contributed by atoms with E-state index in [2.05, 4.69) is 0 Å². The standard InChI is InChI=1S/C11H16FNO2/c1-9-8-10(12)2-3-11(9)15-7-6-14-5-4-13/h2-3,8H,4-7,13H2,1H3. The van der Waals surface area contributed by atoms with Crippen LogP contribution in [0.4, 0.5) is 4.39 Å². The molecule has 0 aliphatic heterocycles. The number of hydrogen-bond donors (Lipinski definition) is 1. The third kappa shape index (κ3) is 4.27. The lowest BCUT2D eigenvalue weighted by atomic mass is 10.2. The molecule has 15 heavy (non-hydrogen) atoms. The van der Waals surface area contributed by atoms with Gasteiger partial charge in [-0.3, -0.25) is 0 Å². The second-order valence-electron chi connectivity index (χ2n) is 3.16. The zero-order valence-electron chi connectivity index (χ0n) is 8.83. The van der Waals surface area contributed by atoms with Crippen molar-refractivity contribution in [2.24, 2.45) is 5.73 Å². The average Bonchev–Trinajstić information content (AvgIpc) is 2.20. The van der Waals surface area contributed by atoms with E-state index in [0.717, 1.165) is 5.56 Å². The fraction of sp³-hybridized carbons (Fsp3) is 0.455. The highest BCUT2D eigenvalue weighted by molar-refractivity contribution is 5.32.